The molecule has 0 aromatic heterocycles. The number of amides is 1. The fourth-order valence-electron chi connectivity index (χ4n) is 1.28. The van der Waals surface area contributed by atoms with Gasteiger partial charge in [-0.15, -0.1) is 0 Å². The van der Waals surface area contributed by atoms with E-state index in [4.69, 9.17) is 0 Å². The molecule has 0 N–H and O–H groups in total. The lowest BCUT2D eigenvalue weighted by Gasteiger charge is -2.27. The second kappa shape index (κ2) is 7.26. The van der Waals surface area contributed by atoms with Gasteiger partial charge in [-0.2, -0.15) is 0 Å². The predicted octanol–water partition coefficient (Wildman–Crippen LogP) is 1.59. The van der Waals surface area contributed by atoms with Crippen molar-refractivity contribution < 1.29 is 14.3 Å². The van der Waals surface area contributed by atoms with Crippen LogP contribution in [-0.2, 0) is 14.3 Å². The lowest BCUT2D eigenvalue weighted by atomic mass is 10.2. The van der Waals surface area contributed by atoms with E-state index in [-0.39, 0.29) is 6.04 Å². The van der Waals surface area contributed by atoms with E-state index in [1.54, 1.807) is 4.90 Å². The molecule has 0 radical (unpaired) electrons. The van der Waals surface area contributed by atoms with Gasteiger partial charge >= 0.3 is 11.9 Å². The Balaban J connectivity index is 4.47. The summed E-state index contributed by atoms with van der Waals surface area (Å²) in [5, 5.41) is 0. The molecule has 4 heteroatoms. The van der Waals surface area contributed by atoms with E-state index in [9.17, 15) is 9.59 Å². The Morgan fingerprint density at radius 2 is 1.93 bits per heavy atom. The van der Waals surface area contributed by atoms with Crippen LogP contribution in [0.15, 0.2) is 0 Å². The van der Waals surface area contributed by atoms with E-state index < -0.39 is 11.9 Å². The summed E-state index contributed by atoms with van der Waals surface area (Å²) < 4.78 is 4.44. The molecule has 1 atom stereocenters. The van der Waals surface area contributed by atoms with Crippen LogP contribution < -0.4 is 0 Å². The Morgan fingerprint density at radius 3 is 2.33 bits per heavy atom. The number of esters is 1. The van der Waals surface area contributed by atoms with Gasteiger partial charge in [-0.25, -0.2) is 4.79 Å². The third kappa shape index (κ3) is 4.32. The fourth-order valence-corrected chi connectivity index (χ4v) is 1.28. The molecule has 0 aliphatic carbocycles. The average Bonchev–Trinajstić information content (AvgIpc) is 2.27. The number of methoxy groups -OCH3 is 1. The number of hydrogen-bond donors (Lipinski definition) is 0. The van der Waals surface area contributed by atoms with Crippen LogP contribution in [0.2, 0.25) is 0 Å². The highest BCUT2D eigenvalue weighted by molar-refractivity contribution is 6.32. The van der Waals surface area contributed by atoms with E-state index in [0.29, 0.717) is 6.54 Å². The van der Waals surface area contributed by atoms with Gasteiger partial charge in [0.1, 0.15) is 0 Å². The van der Waals surface area contributed by atoms with Crippen molar-refractivity contribution in [3.8, 4) is 0 Å². The van der Waals surface area contributed by atoms with Crippen LogP contribution in [0, 0.1) is 0 Å². The Morgan fingerprint density at radius 1 is 1.33 bits per heavy atom. The van der Waals surface area contributed by atoms with E-state index in [1.165, 1.54) is 7.11 Å². The molecule has 4 nitrogen and oxygen atoms in total. The fraction of sp³-hybridized carbons (Fsp3) is 0.818. The molecule has 0 saturated carbocycles. The minimum Gasteiger partial charge on any atom is -0.462 e. The second-order valence-corrected chi connectivity index (χ2v) is 3.60. The molecule has 0 aromatic carbocycles. The highest BCUT2D eigenvalue weighted by Crippen LogP contribution is 2.06. The zero-order valence-corrected chi connectivity index (χ0v) is 10.1. The lowest BCUT2D eigenvalue weighted by molar-refractivity contribution is -0.159. The minimum atomic E-state index is -0.772. The van der Waals surface area contributed by atoms with Gasteiger partial charge in [-0.05, 0) is 19.8 Å². The maximum Gasteiger partial charge on any atom is 0.396 e. The first-order chi connectivity index (χ1) is 7.08. The lowest BCUT2D eigenvalue weighted by Crippen LogP contribution is -2.43. The van der Waals surface area contributed by atoms with Gasteiger partial charge in [-0.3, -0.25) is 4.79 Å². The molecule has 0 fully saturated rings. The Hall–Kier alpha value is -1.06. The molecule has 1 unspecified atom stereocenters. The second-order valence-electron chi connectivity index (χ2n) is 3.60. The van der Waals surface area contributed by atoms with Crippen LogP contribution in [0.25, 0.3) is 0 Å². The van der Waals surface area contributed by atoms with Crippen molar-refractivity contribution in [2.45, 2.75) is 46.1 Å². The van der Waals surface area contributed by atoms with E-state index in [2.05, 4.69) is 11.7 Å². The summed E-state index contributed by atoms with van der Waals surface area (Å²) in [5.41, 5.74) is 0. The molecule has 0 bridgehead atoms. The molecule has 0 spiro atoms. The van der Waals surface area contributed by atoms with Crippen molar-refractivity contribution in [3.05, 3.63) is 0 Å². The number of nitrogens with zero attached hydrogens (tertiary/aromatic N) is 1. The topological polar surface area (TPSA) is 46.6 Å². The van der Waals surface area contributed by atoms with E-state index >= 15 is 0 Å². The minimum absolute atomic E-state index is 0.0862. The molecular weight excluding hydrogens is 194 g/mol. The molecule has 15 heavy (non-hydrogen) atoms. The zero-order chi connectivity index (χ0) is 11.8. The maximum atomic E-state index is 11.6. The summed E-state index contributed by atoms with van der Waals surface area (Å²) in [6, 6.07) is 0.0862. The van der Waals surface area contributed by atoms with Crippen molar-refractivity contribution in [3.63, 3.8) is 0 Å². The van der Waals surface area contributed by atoms with Crippen molar-refractivity contribution in [2.24, 2.45) is 0 Å². The molecule has 0 aliphatic heterocycles. The van der Waals surface area contributed by atoms with Crippen molar-refractivity contribution in [2.75, 3.05) is 13.7 Å². The first kappa shape index (κ1) is 13.9. The highest BCUT2D eigenvalue weighted by Gasteiger charge is 2.25. The third-order valence-corrected chi connectivity index (χ3v) is 2.50. The van der Waals surface area contributed by atoms with Crippen LogP contribution >= 0.6 is 0 Å². The van der Waals surface area contributed by atoms with Gasteiger partial charge in [0.25, 0.3) is 0 Å². The van der Waals surface area contributed by atoms with Gasteiger partial charge in [0.2, 0.25) is 0 Å². The smallest absolute Gasteiger partial charge is 0.396 e. The van der Waals surface area contributed by atoms with E-state index in [1.807, 2.05) is 13.8 Å². The molecule has 88 valence electrons. The summed E-state index contributed by atoms with van der Waals surface area (Å²) in [7, 11) is 1.23. The number of ether oxygens (including phenoxy) is 1. The van der Waals surface area contributed by atoms with Gasteiger partial charge < -0.3 is 9.64 Å². The van der Waals surface area contributed by atoms with Gasteiger partial charge in [0.05, 0.1) is 7.11 Å². The quantitative estimate of drug-likeness (QED) is 0.517. The molecule has 0 heterocycles. The van der Waals surface area contributed by atoms with Crippen LogP contribution in [0.3, 0.4) is 0 Å². The number of unbranched alkanes of at least 4 members (excludes halogenated alkanes) is 1. The van der Waals surface area contributed by atoms with Crippen LogP contribution in [0.1, 0.15) is 40.0 Å². The highest BCUT2D eigenvalue weighted by atomic mass is 16.5. The van der Waals surface area contributed by atoms with Crippen molar-refractivity contribution in [1.29, 1.82) is 0 Å². The largest absolute Gasteiger partial charge is 0.462 e. The summed E-state index contributed by atoms with van der Waals surface area (Å²) >= 11 is 0. The molecule has 0 aromatic rings. The summed E-state index contributed by atoms with van der Waals surface area (Å²) in [4.78, 5) is 24.3. The SMILES string of the molecule is CCCCN(C(=O)C(=O)OC)C(C)CC. The molecule has 1 amide bonds. The predicted molar refractivity (Wildman–Crippen MR) is 58.4 cm³/mol. The summed E-state index contributed by atoms with van der Waals surface area (Å²) in [5.74, 6) is -1.30. The van der Waals surface area contributed by atoms with Gasteiger partial charge in [0, 0.05) is 12.6 Å². The maximum absolute atomic E-state index is 11.6. The average molecular weight is 215 g/mol. The first-order valence-corrected chi connectivity index (χ1v) is 5.47. The number of rotatable bonds is 5. The van der Waals surface area contributed by atoms with E-state index in [0.717, 1.165) is 19.3 Å². The number of carbonyl (C=O) groups excluding carboxylic acids is 2. The molecule has 0 saturated heterocycles. The van der Waals surface area contributed by atoms with Crippen molar-refractivity contribution >= 4 is 11.9 Å². The van der Waals surface area contributed by atoms with Gasteiger partial charge in [0.15, 0.2) is 0 Å². The van der Waals surface area contributed by atoms with Gasteiger partial charge in [-0.1, -0.05) is 20.3 Å². The third-order valence-electron chi connectivity index (χ3n) is 2.50. The first-order valence-electron chi connectivity index (χ1n) is 5.47. The number of hydrogen-bond acceptors (Lipinski definition) is 3. The summed E-state index contributed by atoms with van der Waals surface area (Å²) in [6.45, 7) is 6.61. The molecular formula is C11H21NO3. The monoisotopic (exact) mass is 215 g/mol. The Kier molecular flexibility index (Phi) is 6.75. The van der Waals surface area contributed by atoms with Crippen LogP contribution in [-0.4, -0.2) is 36.5 Å². The van der Waals surface area contributed by atoms with Crippen molar-refractivity contribution in [1.82, 2.24) is 4.90 Å². The summed E-state index contributed by atoms with van der Waals surface area (Å²) in [6.07, 6.45) is 2.75. The molecule has 0 aliphatic rings. The standard InChI is InChI=1S/C11H21NO3/c1-5-7-8-12(9(3)6-2)10(13)11(14)15-4/h9H,5-8H2,1-4H3. The molecule has 0 rings (SSSR count). The Bertz CT molecular complexity index is 216. The van der Waals surface area contributed by atoms with Crippen LogP contribution in [0.5, 0.6) is 0 Å². The number of carbonyl (C=O) groups is 2. The Labute approximate surface area is 91.6 Å². The zero-order valence-electron chi connectivity index (χ0n) is 10.1. The van der Waals surface area contributed by atoms with Crippen LogP contribution in [0.4, 0.5) is 0 Å². The normalized spacial score (nSPS) is 12.0.